The highest BCUT2D eigenvalue weighted by atomic mass is 79.9. The fraction of sp³-hybridized carbons (Fsp3) is 0. The molecular formula is C24H16BBrO2S2. The SMILES string of the molecule is Brc1cccc2c1sc1ccccc12.OB(O)c1cccc2c1sc1ccccc12. The Bertz CT molecular complexity index is 1500. The van der Waals surface area contributed by atoms with E-state index in [1.165, 1.54) is 34.7 Å². The minimum atomic E-state index is -1.41. The zero-order valence-corrected chi connectivity index (χ0v) is 19.0. The second-order valence-corrected chi connectivity index (χ2v) is 9.87. The molecule has 0 radical (unpaired) electrons. The van der Waals surface area contributed by atoms with Crippen LogP contribution in [-0.2, 0) is 0 Å². The second-order valence-electron chi connectivity index (χ2n) is 6.91. The van der Waals surface area contributed by atoms with E-state index in [0.29, 0.717) is 5.46 Å². The fourth-order valence-electron chi connectivity index (χ4n) is 3.69. The van der Waals surface area contributed by atoms with Crippen molar-refractivity contribution in [3.8, 4) is 0 Å². The smallest absolute Gasteiger partial charge is 0.423 e. The Morgan fingerprint density at radius 2 is 1.07 bits per heavy atom. The maximum Gasteiger partial charge on any atom is 0.489 e. The molecule has 30 heavy (non-hydrogen) atoms. The number of hydrogen-bond donors (Lipinski definition) is 2. The summed E-state index contributed by atoms with van der Waals surface area (Å²) in [5.41, 5.74) is 0.582. The minimum Gasteiger partial charge on any atom is -0.423 e. The molecule has 2 heterocycles. The van der Waals surface area contributed by atoms with E-state index in [2.05, 4.69) is 64.5 Å². The second kappa shape index (κ2) is 8.14. The summed E-state index contributed by atoms with van der Waals surface area (Å²) in [5, 5.41) is 23.6. The van der Waals surface area contributed by atoms with Crippen molar-refractivity contribution >= 4 is 91.5 Å². The molecule has 0 fully saturated rings. The van der Waals surface area contributed by atoms with Gasteiger partial charge in [0.1, 0.15) is 0 Å². The van der Waals surface area contributed by atoms with Gasteiger partial charge in [-0.25, -0.2) is 0 Å². The summed E-state index contributed by atoms with van der Waals surface area (Å²) >= 11 is 7.02. The summed E-state index contributed by atoms with van der Waals surface area (Å²) in [6, 6.07) is 28.6. The first-order valence-electron chi connectivity index (χ1n) is 9.45. The monoisotopic (exact) mass is 490 g/mol. The van der Waals surface area contributed by atoms with Crippen LogP contribution in [0.15, 0.2) is 89.4 Å². The van der Waals surface area contributed by atoms with Gasteiger partial charge in [-0.05, 0) is 45.0 Å². The Labute approximate surface area is 190 Å². The molecule has 6 rings (SSSR count). The van der Waals surface area contributed by atoms with Crippen LogP contribution in [0.5, 0.6) is 0 Å². The number of thiophene rings is 2. The lowest BCUT2D eigenvalue weighted by molar-refractivity contribution is 0.426. The first kappa shape index (κ1) is 19.7. The maximum atomic E-state index is 9.31. The maximum absolute atomic E-state index is 9.31. The van der Waals surface area contributed by atoms with Crippen molar-refractivity contribution in [1.82, 2.24) is 0 Å². The van der Waals surface area contributed by atoms with Crippen LogP contribution in [0.3, 0.4) is 0 Å². The molecule has 4 aromatic carbocycles. The largest absolute Gasteiger partial charge is 0.489 e. The molecule has 0 atom stereocenters. The van der Waals surface area contributed by atoms with Crippen molar-refractivity contribution in [1.29, 1.82) is 0 Å². The van der Waals surface area contributed by atoms with E-state index >= 15 is 0 Å². The molecule has 6 heteroatoms. The van der Waals surface area contributed by atoms with Gasteiger partial charge in [-0.2, -0.15) is 0 Å². The fourth-order valence-corrected chi connectivity index (χ4v) is 6.64. The molecule has 2 aromatic heterocycles. The van der Waals surface area contributed by atoms with E-state index in [1.807, 2.05) is 41.7 Å². The highest BCUT2D eigenvalue weighted by Gasteiger charge is 2.16. The van der Waals surface area contributed by atoms with Gasteiger partial charge in [0.05, 0.1) is 0 Å². The van der Waals surface area contributed by atoms with Crippen LogP contribution < -0.4 is 5.46 Å². The predicted octanol–water partition coefficient (Wildman–Crippen LogP) is 6.55. The first-order chi connectivity index (χ1) is 14.6. The van der Waals surface area contributed by atoms with Gasteiger partial charge in [-0.1, -0.05) is 66.7 Å². The molecule has 0 bridgehead atoms. The Hall–Kier alpha value is -2.22. The van der Waals surface area contributed by atoms with Gasteiger partial charge in [-0.3, -0.25) is 0 Å². The van der Waals surface area contributed by atoms with Gasteiger partial charge in [0.15, 0.2) is 0 Å². The normalized spacial score (nSPS) is 11.2. The molecule has 146 valence electrons. The van der Waals surface area contributed by atoms with Crippen molar-refractivity contribution in [2.75, 3.05) is 0 Å². The van der Waals surface area contributed by atoms with Gasteiger partial charge in [0.2, 0.25) is 0 Å². The first-order valence-corrected chi connectivity index (χ1v) is 11.9. The Balaban J connectivity index is 0.000000130. The molecule has 2 N–H and O–H groups in total. The van der Waals surface area contributed by atoms with Gasteiger partial charge in [0.25, 0.3) is 0 Å². The van der Waals surface area contributed by atoms with Gasteiger partial charge in [-0.15, -0.1) is 22.7 Å². The van der Waals surface area contributed by atoms with Crippen LogP contribution in [0.4, 0.5) is 0 Å². The van der Waals surface area contributed by atoms with E-state index < -0.39 is 7.12 Å². The van der Waals surface area contributed by atoms with E-state index in [0.717, 1.165) is 10.1 Å². The minimum absolute atomic E-state index is 0.582. The number of hydrogen-bond acceptors (Lipinski definition) is 4. The molecule has 0 amide bonds. The van der Waals surface area contributed by atoms with Gasteiger partial charge in [0, 0.05) is 39.4 Å². The van der Waals surface area contributed by atoms with Crippen molar-refractivity contribution in [2.24, 2.45) is 0 Å². The standard InChI is InChI=1S/C12H9BO2S.C12H7BrS/c14-13(15)10-6-3-5-9-8-4-1-2-7-11(8)16-12(9)10;13-10-6-3-5-9-8-4-1-2-7-11(8)14-12(9)10/h1-7,14-15H;1-7H. The number of fused-ring (bicyclic) bond motifs is 6. The summed E-state index contributed by atoms with van der Waals surface area (Å²) in [4.78, 5) is 0. The topological polar surface area (TPSA) is 40.5 Å². The van der Waals surface area contributed by atoms with E-state index in [4.69, 9.17) is 0 Å². The molecule has 6 aromatic rings. The summed E-state index contributed by atoms with van der Waals surface area (Å²) in [6.45, 7) is 0. The third-order valence-electron chi connectivity index (χ3n) is 5.07. The Morgan fingerprint density at radius 3 is 1.70 bits per heavy atom. The van der Waals surface area contributed by atoms with E-state index in [1.54, 1.807) is 17.4 Å². The predicted molar refractivity (Wildman–Crippen MR) is 136 cm³/mol. The molecule has 0 aliphatic heterocycles. The third-order valence-corrected chi connectivity index (χ3v) is 8.45. The third kappa shape index (κ3) is 3.45. The average Bonchev–Trinajstić information content (AvgIpc) is 3.33. The van der Waals surface area contributed by atoms with E-state index in [-0.39, 0.29) is 0 Å². The summed E-state index contributed by atoms with van der Waals surface area (Å²) in [5.74, 6) is 0. The van der Waals surface area contributed by atoms with Crippen LogP contribution >= 0.6 is 38.6 Å². The molecule has 0 saturated heterocycles. The summed E-state index contributed by atoms with van der Waals surface area (Å²) < 4.78 is 6.02. The zero-order chi connectivity index (χ0) is 20.7. The van der Waals surface area contributed by atoms with Crippen LogP contribution in [-0.4, -0.2) is 17.2 Å². The van der Waals surface area contributed by atoms with Gasteiger partial charge >= 0.3 is 7.12 Å². The highest BCUT2D eigenvalue weighted by Crippen LogP contribution is 2.37. The van der Waals surface area contributed by atoms with Crippen molar-refractivity contribution in [3.05, 3.63) is 89.4 Å². The molecular weight excluding hydrogens is 475 g/mol. The highest BCUT2D eigenvalue weighted by molar-refractivity contribution is 9.10. The van der Waals surface area contributed by atoms with Crippen molar-refractivity contribution < 1.29 is 10.0 Å². The Kier molecular flexibility index (Phi) is 5.35. The number of benzene rings is 4. The van der Waals surface area contributed by atoms with Gasteiger partial charge < -0.3 is 10.0 Å². The lowest BCUT2D eigenvalue weighted by Gasteiger charge is -1.99. The number of rotatable bonds is 1. The summed E-state index contributed by atoms with van der Waals surface area (Å²) in [6.07, 6.45) is 0. The van der Waals surface area contributed by atoms with Crippen LogP contribution in [0.1, 0.15) is 0 Å². The molecule has 0 aliphatic carbocycles. The summed E-state index contributed by atoms with van der Waals surface area (Å²) in [7, 11) is -1.41. The van der Waals surface area contributed by atoms with Crippen molar-refractivity contribution in [3.63, 3.8) is 0 Å². The molecule has 0 unspecified atom stereocenters. The van der Waals surface area contributed by atoms with Crippen LogP contribution in [0, 0.1) is 0 Å². The molecule has 0 spiro atoms. The van der Waals surface area contributed by atoms with Crippen LogP contribution in [0.2, 0.25) is 0 Å². The molecule has 0 saturated carbocycles. The molecule has 2 nitrogen and oxygen atoms in total. The lowest BCUT2D eigenvalue weighted by atomic mass is 9.80. The quantitative estimate of drug-likeness (QED) is 0.256. The average molecular weight is 491 g/mol. The molecule has 0 aliphatic rings. The van der Waals surface area contributed by atoms with Crippen molar-refractivity contribution in [2.45, 2.75) is 0 Å². The van der Waals surface area contributed by atoms with E-state index in [9.17, 15) is 10.0 Å². The lowest BCUT2D eigenvalue weighted by Crippen LogP contribution is -2.29. The number of halogens is 1. The Morgan fingerprint density at radius 1 is 0.567 bits per heavy atom. The van der Waals surface area contributed by atoms with Crippen LogP contribution in [0.25, 0.3) is 40.3 Å². The zero-order valence-electron chi connectivity index (χ0n) is 15.7.